The van der Waals surface area contributed by atoms with Crippen molar-refractivity contribution in [3.05, 3.63) is 35.7 Å². The van der Waals surface area contributed by atoms with Crippen molar-refractivity contribution in [1.82, 2.24) is 29.9 Å². The fraction of sp³-hybridized carbons (Fsp3) is 0.562. The van der Waals surface area contributed by atoms with E-state index in [-0.39, 0.29) is 11.9 Å². The minimum absolute atomic E-state index is 0.0393. The van der Waals surface area contributed by atoms with Gasteiger partial charge in [0.05, 0.1) is 30.2 Å². The molecular weight excluding hydrogens is 292 g/mol. The van der Waals surface area contributed by atoms with E-state index in [4.69, 9.17) is 0 Å². The van der Waals surface area contributed by atoms with Crippen molar-refractivity contribution in [3.8, 4) is 0 Å². The maximum Gasteiger partial charge on any atom is 0.274 e. The smallest absolute Gasteiger partial charge is 0.274 e. The average molecular weight is 312 g/mol. The van der Waals surface area contributed by atoms with E-state index in [0.29, 0.717) is 18.2 Å². The summed E-state index contributed by atoms with van der Waals surface area (Å²) in [5, 5.41) is 8.46. The molecule has 0 radical (unpaired) electrons. The van der Waals surface area contributed by atoms with E-state index in [0.717, 1.165) is 30.8 Å². The molecule has 120 valence electrons. The van der Waals surface area contributed by atoms with Gasteiger partial charge in [-0.1, -0.05) is 5.21 Å². The van der Waals surface area contributed by atoms with Gasteiger partial charge in [0.1, 0.15) is 5.69 Å². The zero-order valence-electron chi connectivity index (χ0n) is 13.2. The summed E-state index contributed by atoms with van der Waals surface area (Å²) in [4.78, 5) is 22.9. The molecule has 0 N–H and O–H groups in total. The molecule has 4 rings (SSSR count). The Hall–Kier alpha value is -2.31. The Labute approximate surface area is 134 Å². The summed E-state index contributed by atoms with van der Waals surface area (Å²) >= 11 is 0. The van der Waals surface area contributed by atoms with E-state index in [1.807, 2.05) is 22.7 Å². The highest BCUT2D eigenvalue weighted by atomic mass is 16.2. The Bertz CT molecular complexity index is 706. The summed E-state index contributed by atoms with van der Waals surface area (Å²) in [5.74, 6) is 0.565. The molecular formula is C16H20N6O. The molecule has 2 fully saturated rings. The van der Waals surface area contributed by atoms with Crippen LogP contribution in [0.3, 0.4) is 0 Å². The lowest BCUT2D eigenvalue weighted by Crippen LogP contribution is -2.38. The summed E-state index contributed by atoms with van der Waals surface area (Å²) in [5.41, 5.74) is 2.32. The standard InChI is InChI=1S/C16H20N6O/c1-11-7-18-14(8-17-11)16(23)22-6-2-3-13(22)9-21-10-15(19-20-21)12-4-5-12/h7-8,10,12-13H,2-6,9H2,1H3/t13-/m0/s1. The Morgan fingerprint density at radius 3 is 2.87 bits per heavy atom. The van der Waals surface area contributed by atoms with Crippen molar-refractivity contribution in [1.29, 1.82) is 0 Å². The van der Waals surface area contributed by atoms with Crippen LogP contribution in [0.2, 0.25) is 0 Å². The zero-order valence-corrected chi connectivity index (χ0v) is 13.2. The van der Waals surface area contributed by atoms with Crippen LogP contribution in [0.4, 0.5) is 0 Å². The van der Waals surface area contributed by atoms with Gasteiger partial charge in [-0.2, -0.15) is 0 Å². The van der Waals surface area contributed by atoms with Crippen LogP contribution < -0.4 is 0 Å². The lowest BCUT2D eigenvalue weighted by molar-refractivity contribution is 0.0714. The molecule has 0 aromatic carbocycles. The second-order valence-electron chi connectivity index (χ2n) is 6.48. The van der Waals surface area contributed by atoms with Gasteiger partial charge >= 0.3 is 0 Å². The van der Waals surface area contributed by atoms with Gasteiger partial charge in [-0.15, -0.1) is 5.10 Å². The Balaban J connectivity index is 1.46. The second kappa shape index (κ2) is 5.72. The monoisotopic (exact) mass is 312 g/mol. The number of carbonyl (C=O) groups is 1. The fourth-order valence-corrected chi connectivity index (χ4v) is 3.13. The molecule has 2 aromatic heterocycles. The molecule has 2 aromatic rings. The molecule has 7 heteroatoms. The predicted molar refractivity (Wildman–Crippen MR) is 82.8 cm³/mol. The number of carbonyl (C=O) groups excluding carboxylic acids is 1. The molecule has 0 unspecified atom stereocenters. The molecule has 23 heavy (non-hydrogen) atoms. The summed E-state index contributed by atoms with van der Waals surface area (Å²) in [6, 6.07) is 0.152. The van der Waals surface area contributed by atoms with Crippen molar-refractivity contribution in [2.75, 3.05) is 6.54 Å². The van der Waals surface area contributed by atoms with Crippen molar-refractivity contribution < 1.29 is 4.79 Å². The Morgan fingerprint density at radius 2 is 2.13 bits per heavy atom. The molecule has 3 heterocycles. The van der Waals surface area contributed by atoms with Crippen LogP contribution in [0.1, 0.15) is 53.5 Å². The van der Waals surface area contributed by atoms with Crippen molar-refractivity contribution >= 4 is 5.91 Å². The molecule has 1 aliphatic heterocycles. The second-order valence-corrected chi connectivity index (χ2v) is 6.48. The third-order valence-electron chi connectivity index (χ3n) is 4.59. The van der Waals surface area contributed by atoms with Crippen LogP contribution in [-0.2, 0) is 6.54 Å². The summed E-state index contributed by atoms with van der Waals surface area (Å²) in [6.07, 6.45) is 9.68. The quantitative estimate of drug-likeness (QED) is 0.856. The van der Waals surface area contributed by atoms with Crippen LogP contribution in [0.25, 0.3) is 0 Å². The minimum Gasteiger partial charge on any atom is -0.332 e. The molecule has 1 atom stereocenters. The van der Waals surface area contributed by atoms with Gasteiger partial charge in [-0.25, -0.2) is 4.98 Å². The predicted octanol–water partition coefficient (Wildman–Crippen LogP) is 1.56. The number of aryl methyl sites for hydroxylation is 1. The lowest BCUT2D eigenvalue weighted by Gasteiger charge is -2.24. The van der Waals surface area contributed by atoms with Crippen LogP contribution in [0.15, 0.2) is 18.6 Å². The van der Waals surface area contributed by atoms with E-state index in [1.54, 1.807) is 12.4 Å². The van der Waals surface area contributed by atoms with Gasteiger partial charge in [0.25, 0.3) is 5.91 Å². The van der Waals surface area contributed by atoms with Gasteiger partial charge < -0.3 is 4.90 Å². The first-order chi connectivity index (χ1) is 11.2. The van der Waals surface area contributed by atoms with Crippen molar-refractivity contribution in [3.63, 3.8) is 0 Å². The topological polar surface area (TPSA) is 76.8 Å². The number of rotatable bonds is 4. The third kappa shape index (κ3) is 2.95. The lowest BCUT2D eigenvalue weighted by atomic mass is 10.2. The van der Waals surface area contributed by atoms with E-state index in [1.165, 1.54) is 12.8 Å². The van der Waals surface area contributed by atoms with E-state index < -0.39 is 0 Å². The van der Waals surface area contributed by atoms with Crippen LogP contribution >= 0.6 is 0 Å². The normalized spacial score (nSPS) is 20.9. The van der Waals surface area contributed by atoms with E-state index in [2.05, 4.69) is 20.3 Å². The minimum atomic E-state index is -0.0393. The molecule has 1 amide bonds. The van der Waals surface area contributed by atoms with Gasteiger partial charge in [0.2, 0.25) is 0 Å². The number of hydrogen-bond donors (Lipinski definition) is 0. The summed E-state index contributed by atoms with van der Waals surface area (Å²) in [6.45, 7) is 3.33. The maximum atomic E-state index is 12.7. The molecule has 0 spiro atoms. The van der Waals surface area contributed by atoms with Crippen LogP contribution in [-0.4, -0.2) is 48.4 Å². The number of likely N-dealkylation sites (tertiary alicyclic amines) is 1. The highest BCUT2D eigenvalue weighted by molar-refractivity contribution is 5.92. The highest BCUT2D eigenvalue weighted by Crippen LogP contribution is 2.38. The Kier molecular flexibility index (Phi) is 3.55. The number of aromatic nitrogens is 5. The van der Waals surface area contributed by atoms with Crippen molar-refractivity contribution in [2.24, 2.45) is 0 Å². The molecule has 2 aliphatic rings. The van der Waals surface area contributed by atoms with Crippen LogP contribution in [0, 0.1) is 6.92 Å². The molecule has 1 saturated heterocycles. The SMILES string of the molecule is Cc1cnc(C(=O)N2CCC[C@H]2Cn2cc(C3CC3)nn2)cn1. The number of hydrogen-bond acceptors (Lipinski definition) is 5. The average Bonchev–Trinajstić information content (AvgIpc) is 3.13. The zero-order chi connectivity index (χ0) is 15.8. The third-order valence-corrected chi connectivity index (χ3v) is 4.59. The first kappa shape index (κ1) is 14.3. The molecule has 7 nitrogen and oxygen atoms in total. The summed E-state index contributed by atoms with van der Waals surface area (Å²) in [7, 11) is 0. The largest absolute Gasteiger partial charge is 0.332 e. The van der Waals surface area contributed by atoms with Gasteiger partial charge in [-0.3, -0.25) is 14.5 Å². The molecule has 0 bridgehead atoms. The van der Waals surface area contributed by atoms with Gasteiger partial charge in [0, 0.05) is 24.9 Å². The first-order valence-electron chi connectivity index (χ1n) is 8.20. The molecule has 1 saturated carbocycles. The maximum absolute atomic E-state index is 12.7. The van der Waals surface area contributed by atoms with E-state index in [9.17, 15) is 4.79 Å². The first-order valence-corrected chi connectivity index (χ1v) is 8.20. The van der Waals surface area contributed by atoms with Gasteiger partial charge in [-0.05, 0) is 32.6 Å². The Morgan fingerprint density at radius 1 is 1.26 bits per heavy atom. The number of amides is 1. The number of nitrogens with zero attached hydrogens (tertiary/aromatic N) is 6. The fourth-order valence-electron chi connectivity index (χ4n) is 3.13. The van der Waals surface area contributed by atoms with Crippen molar-refractivity contribution in [2.45, 2.75) is 51.1 Å². The highest BCUT2D eigenvalue weighted by Gasteiger charge is 2.31. The van der Waals surface area contributed by atoms with Crippen LogP contribution in [0.5, 0.6) is 0 Å². The van der Waals surface area contributed by atoms with Gasteiger partial charge in [0.15, 0.2) is 0 Å². The van der Waals surface area contributed by atoms with E-state index >= 15 is 0 Å². The summed E-state index contributed by atoms with van der Waals surface area (Å²) < 4.78 is 1.88. The molecule has 1 aliphatic carbocycles.